The minimum Gasteiger partial charge on any atom is -0.351 e. The van der Waals surface area contributed by atoms with Crippen LogP contribution in [-0.2, 0) is 16.0 Å². The molecule has 0 bridgehead atoms. The van der Waals surface area contributed by atoms with Crippen molar-refractivity contribution in [1.82, 2.24) is 10.2 Å². The number of nitrogens with one attached hydrogen (secondary N) is 1. The van der Waals surface area contributed by atoms with E-state index in [1.165, 1.54) is 0 Å². The topological polar surface area (TPSA) is 49.4 Å². The Kier molecular flexibility index (Phi) is 5.12. The Morgan fingerprint density at radius 1 is 1.43 bits per heavy atom. The molecule has 0 aromatic heterocycles. The molecular formula is C15H18Cl2N2O2. The van der Waals surface area contributed by atoms with Gasteiger partial charge >= 0.3 is 0 Å². The molecule has 21 heavy (non-hydrogen) atoms. The molecular weight excluding hydrogens is 311 g/mol. The molecule has 1 aromatic carbocycles. The number of benzene rings is 1. The van der Waals surface area contributed by atoms with E-state index in [2.05, 4.69) is 5.32 Å². The Morgan fingerprint density at radius 3 is 2.76 bits per heavy atom. The third kappa shape index (κ3) is 4.11. The highest BCUT2D eigenvalue weighted by atomic mass is 35.5. The molecule has 0 saturated carbocycles. The average Bonchev–Trinajstić information content (AvgIpc) is 2.74. The molecule has 0 spiro atoms. The molecule has 1 heterocycles. The zero-order valence-corrected chi connectivity index (χ0v) is 13.5. The smallest absolute Gasteiger partial charge is 0.225 e. The zero-order chi connectivity index (χ0) is 15.6. The summed E-state index contributed by atoms with van der Waals surface area (Å²) >= 11 is 11.9. The maximum atomic E-state index is 12.1. The van der Waals surface area contributed by atoms with Crippen molar-refractivity contribution in [3.05, 3.63) is 33.8 Å². The highest BCUT2D eigenvalue weighted by Gasteiger charge is 2.31. The summed E-state index contributed by atoms with van der Waals surface area (Å²) in [5.41, 5.74) is 0.687. The second-order valence-electron chi connectivity index (χ2n) is 5.52. The van der Waals surface area contributed by atoms with Crippen LogP contribution in [0.4, 0.5) is 0 Å². The first-order valence-corrected chi connectivity index (χ1v) is 7.65. The third-order valence-electron chi connectivity index (χ3n) is 3.51. The molecule has 2 amide bonds. The van der Waals surface area contributed by atoms with Gasteiger partial charge in [0.2, 0.25) is 11.8 Å². The average molecular weight is 329 g/mol. The van der Waals surface area contributed by atoms with E-state index in [-0.39, 0.29) is 30.3 Å². The molecule has 0 aliphatic carbocycles. The van der Waals surface area contributed by atoms with E-state index in [0.29, 0.717) is 28.6 Å². The maximum Gasteiger partial charge on any atom is 0.225 e. The molecule has 1 atom stereocenters. The lowest BCUT2D eigenvalue weighted by Gasteiger charge is -2.21. The van der Waals surface area contributed by atoms with Gasteiger partial charge in [0.1, 0.15) is 0 Å². The van der Waals surface area contributed by atoms with Gasteiger partial charge in [0.25, 0.3) is 0 Å². The largest absolute Gasteiger partial charge is 0.351 e. The van der Waals surface area contributed by atoms with Gasteiger partial charge in [-0.05, 0) is 37.6 Å². The van der Waals surface area contributed by atoms with E-state index >= 15 is 0 Å². The van der Waals surface area contributed by atoms with Gasteiger partial charge in [-0.3, -0.25) is 9.59 Å². The number of rotatable bonds is 4. The van der Waals surface area contributed by atoms with Gasteiger partial charge in [0.05, 0.1) is 12.5 Å². The fraction of sp³-hybridized carbons (Fsp3) is 0.467. The molecule has 1 fully saturated rings. The summed E-state index contributed by atoms with van der Waals surface area (Å²) in [7, 11) is 0. The second kappa shape index (κ2) is 6.67. The highest BCUT2D eigenvalue weighted by Crippen LogP contribution is 2.21. The molecule has 6 heteroatoms. The number of carbonyl (C=O) groups is 2. The van der Waals surface area contributed by atoms with Crippen LogP contribution in [-0.4, -0.2) is 35.3 Å². The number of carbonyl (C=O) groups excluding carboxylic acids is 2. The van der Waals surface area contributed by atoms with Crippen molar-refractivity contribution in [3.63, 3.8) is 0 Å². The lowest BCUT2D eigenvalue weighted by atomic mass is 10.1. The molecule has 2 rings (SSSR count). The van der Waals surface area contributed by atoms with E-state index in [1.54, 1.807) is 23.1 Å². The summed E-state index contributed by atoms with van der Waals surface area (Å²) < 4.78 is 0. The molecule has 1 saturated heterocycles. The number of amides is 2. The standard InChI is InChI=1S/C15H18Cl2N2O2/c1-9(2)19-8-12(7-15(19)21)18-14(20)6-10-5-11(16)3-4-13(10)17/h3-5,9,12H,6-8H2,1-2H3,(H,18,20). The molecule has 114 valence electrons. The van der Waals surface area contributed by atoms with Crippen LogP contribution in [0.2, 0.25) is 10.0 Å². The number of nitrogens with zero attached hydrogens (tertiary/aromatic N) is 1. The van der Waals surface area contributed by atoms with Crippen molar-refractivity contribution in [2.75, 3.05) is 6.54 Å². The highest BCUT2D eigenvalue weighted by molar-refractivity contribution is 6.33. The quantitative estimate of drug-likeness (QED) is 0.923. The molecule has 4 nitrogen and oxygen atoms in total. The van der Waals surface area contributed by atoms with Crippen LogP contribution in [0.25, 0.3) is 0 Å². The first kappa shape index (κ1) is 16.1. The molecule has 1 unspecified atom stereocenters. The second-order valence-corrected chi connectivity index (χ2v) is 6.36. The minimum absolute atomic E-state index is 0.0797. The number of hydrogen-bond acceptors (Lipinski definition) is 2. The van der Waals surface area contributed by atoms with Crippen molar-refractivity contribution in [3.8, 4) is 0 Å². The Balaban J connectivity index is 1.94. The van der Waals surface area contributed by atoms with Crippen LogP contribution in [0.5, 0.6) is 0 Å². The van der Waals surface area contributed by atoms with Gasteiger partial charge < -0.3 is 10.2 Å². The normalized spacial score (nSPS) is 18.4. The summed E-state index contributed by atoms with van der Waals surface area (Å²) in [6, 6.07) is 5.06. The summed E-state index contributed by atoms with van der Waals surface area (Å²) in [6.45, 7) is 4.49. The van der Waals surface area contributed by atoms with Gasteiger partial charge in [-0.2, -0.15) is 0 Å². The number of halogens is 2. The van der Waals surface area contributed by atoms with Crippen molar-refractivity contribution in [2.24, 2.45) is 0 Å². The molecule has 1 aromatic rings. The summed E-state index contributed by atoms with van der Waals surface area (Å²) in [6.07, 6.45) is 0.513. The lowest BCUT2D eigenvalue weighted by Crippen LogP contribution is -2.39. The molecule has 1 N–H and O–H groups in total. The number of likely N-dealkylation sites (tertiary alicyclic amines) is 1. The van der Waals surface area contributed by atoms with E-state index in [1.807, 2.05) is 13.8 Å². The van der Waals surface area contributed by atoms with Crippen molar-refractivity contribution >= 4 is 35.0 Å². The van der Waals surface area contributed by atoms with E-state index < -0.39 is 0 Å². The minimum atomic E-state index is -0.150. The van der Waals surface area contributed by atoms with Crippen molar-refractivity contribution in [1.29, 1.82) is 0 Å². The SMILES string of the molecule is CC(C)N1CC(NC(=O)Cc2cc(Cl)ccc2Cl)CC1=O. The Hall–Kier alpha value is -1.26. The first-order chi connectivity index (χ1) is 9.86. The zero-order valence-electron chi connectivity index (χ0n) is 12.0. The predicted octanol–water partition coefficient (Wildman–Crippen LogP) is 2.66. The fourth-order valence-electron chi connectivity index (χ4n) is 2.46. The van der Waals surface area contributed by atoms with Crippen LogP contribution >= 0.6 is 23.2 Å². The van der Waals surface area contributed by atoms with Crippen LogP contribution in [0.1, 0.15) is 25.8 Å². The van der Waals surface area contributed by atoms with Crippen LogP contribution in [0, 0.1) is 0 Å². The molecule has 0 radical (unpaired) electrons. The number of hydrogen-bond donors (Lipinski definition) is 1. The van der Waals surface area contributed by atoms with E-state index in [4.69, 9.17) is 23.2 Å². The summed E-state index contributed by atoms with van der Waals surface area (Å²) in [5, 5.41) is 3.95. The van der Waals surface area contributed by atoms with Gasteiger partial charge in [0.15, 0.2) is 0 Å². The third-order valence-corrected chi connectivity index (χ3v) is 4.11. The summed E-state index contributed by atoms with van der Waals surface area (Å²) in [5.74, 6) is -0.0707. The van der Waals surface area contributed by atoms with Gasteiger partial charge in [-0.1, -0.05) is 23.2 Å². The van der Waals surface area contributed by atoms with E-state index in [9.17, 15) is 9.59 Å². The predicted molar refractivity (Wildman–Crippen MR) is 83.6 cm³/mol. The Morgan fingerprint density at radius 2 is 2.14 bits per heavy atom. The summed E-state index contributed by atoms with van der Waals surface area (Å²) in [4.78, 5) is 25.6. The van der Waals surface area contributed by atoms with E-state index in [0.717, 1.165) is 0 Å². The van der Waals surface area contributed by atoms with Crippen LogP contribution in [0.3, 0.4) is 0 Å². The Bertz CT molecular complexity index is 561. The van der Waals surface area contributed by atoms with Crippen molar-refractivity contribution in [2.45, 2.75) is 38.8 Å². The first-order valence-electron chi connectivity index (χ1n) is 6.89. The lowest BCUT2D eigenvalue weighted by molar-refractivity contribution is -0.129. The van der Waals surface area contributed by atoms with Gasteiger partial charge in [0, 0.05) is 29.1 Å². The van der Waals surface area contributed by atoms with Gasteiger partial charge in [-0.25, -0.2) is 0 Å². The molecule has 1 aliphatic rings. The van der Waals surface area contributed by atoms with Crippen LogP contribution in [0.15, 0.2) is 18.2 Å². The Labute approximate surface area is 134 Å². The molecule has 1 aliphatic heterocycles. The van der Waals surface area contributed by atoms with Crippen molar-refractivity contribution < 1.29 is 9.59 Å². The maximum absolute atomic E-state index is 12.1. The van der Waals surface area contributed by atoms with Crippen LogP contribution < -0.4 is 5.32 Å². The fourth-order valence-corrected chi connectivity index (χ4v) is 2.84. The van der Waals surface area contributed by atoms with Gasteiger partial charge in [-0.15, -0.1) is 0 Å². The monoisotopic (exact) mass is 328 g/mol.